The Kier molecular flexibility index (Phi) is 3.64. The Morgan fingerprint density at radius 2 is 1.71 bits per heavy atom. The zero-order valence-corrected chi connectivity index (χ0v) is 12.0. The lowest BCUT2D eigenvalue weighted by Gasteiger charge is -2.15. The maximum Gasteiger partial charge on any atom is 0.145 e. The molecular formula is C16H17N3O2. The summed E-state index contributed by atoms with van der Waals surface area (Å²) in [7, 11) is 3.29. The fourth-order valence-electron chi connectivity index (χ4n) is 2.33. The highest BCUT2D eigenvalue weighted by Crippen LogP contribution is 2.34. The normalized spacial score (nSPS) is 10.6. The van der Waals surface area contributed by atoms with Gasteiger partial charge in [-0.3, -0.25) is 0 Å². The molecule has 0 aliphatic heterocycles. The van der Waals surface area contributed by atoms with E-state index >= 15 is 0 Å². The van der Waals surface area contributed by atoms with Crippen molar-refractivity contribution >= 4 is 16.7 Å². The first-order valence-electron chi connectivity index (χ1n) is 6.68. The Morgan fingerprint density at radius 3 is 2.43 bits per heavy atom. The standard InChI is InChI=1S/C16H17N3O2/c1-20-14-8-5-9-15(21-2)16(14)18-11-19-10-17-12-6-3-4-7-13(12)19/h3-10,18H,11H2,1-2H3. The maximum atomic E-state index is 5.38. The largest absolute Gasteiger partial charge is 0.494 e. The lowest BCUT2D eigenvalue weighted by molar-refractivity contribution is 0.397. The average Bonchev–Trinajstić information content (AvgIpc) is 2.95. The zero-order valence-electron chi connectivity index (χ0n) is 12.0. The number of fused-ring (bicyclic) bond motifs is 1. The molecule has 1 heterocycles. The van der Waals surface area contributed by atoms with Crippen LogP contribution < -0.4 is 14.8 Å². The van der Waals surface area contributed by atoms with Gasteiger partial charge in [0.2, 0.25) is 0 Å². The number of methoxy groups -OCH3 is 2. The molecule has 0 unspecified atom stereocenters. The molecule has 1 aromatic heterocycles. The summed E-state index contributed by atoms with van der Waals surface area (Å²) in [6, 6.07) is 13.7. The highest BCUT2D eigenvalue weighted by Gasteiger charge is 2.09. The molecule has 3 rings (SSSR count). The summed E-state index contributed by atoms with van der Waals surface area (Å²) in [5, 5.41) is 3.35. The topological polar surface area (TPSA) is 48.3 Å². The summed E-state index contributed by atoms with van der Waals surface area (Å²) in [5.74, 6) is 1.50. The Balaban J connectivity index is 1.88. The third kappa shape index (κ3) is 2.50. The van der Waals surface area contributed by atoms with Gasteiger partial charge in [-0.15, -0.1) is 0 Å². The second-order valence-corrected chi connectivity index (χ2v) is 4.58. The van der Waals surface area contributed by atoms with E-state index in [4.69, 9.17) is 9.47 Å². The highest BCUT2D eigenvalue weighted by molar-refractivity contribution is 5.75. The van der Waals surface area contributed by atoms with Gasteiger partial charge in [0.05, 0.1) is 38.2 Å². The van der Waals surface area contributed by atoms with E-state index in [1.54, 1.807) is 14.2 Å². The summed E-state index contributed by atoms with van der Waals surface area (Å²) in [5.41, 5.74) is 2.89. The lowest BCUT2D eigenvalue weighted by Crippen LogP contribution is -2.08. The molecule has 108 valence electrons. The number of nitrogens with one attached hydrogen (secondary N) is 1. The van der Waals surface area contributed by atoms with Crippen LogP contribution in [0.4, 0.5) is 5.69 Å². The van der Waals surface area contributed by atoms with E-state index < -0.39 is 0 Å². The van der Waals surface area contributed by atoms with Crippen molar-refractivity contribution in [3.63, 3.8) is 0 Å². The van der Waals surface area contributed by atoms with Gasteiger partial charge in [0, 0.05) is 0 Å². The molecule has 0 bridgehead atoms. The summed E-state index contributed by atoms with van der Waals surface area (Å²) >= 11 is 0. The predicted molar refractivity (Wildman–Crippen MR) is 82.9 cm³/mol. The summed E-state index contributed by atoms with van der Waals surface area (Å²) in [4.78, 5) is 4.38. The molecule has 0 saturated heterocycles. The van der Waals surface area contributed by atoms with Gasteiger partial charge in [-0.05, 0) is 24.3 Å². The molecule has 0 aliphatic rings. The molecular weight excluding hydrogens is 266 g/mol. The van der Waals surface area contributed by atoms with Crippen molar-refractivity contribution in [3.05, 3.63) is 48.8 Å². The quantitative estimate of drug-likeness (QED) is 0.781. The van der Waals surface area contributed by atoms with Crippen LogP contribution >= 0.6 is 0 Å². The second-order valence-electron chi connectivity index (χ2n) is 4.58. The third-order valence-corrected chi connectivity index (χ3v) is 3.38. The van der Waals surface area contributed by atoms with Gasteiger partial charge < -0.3 is 19.4 Å². The van der Waals surface area contributed by atoms with Crippen molar-refractivity contribution in [2.75, 3.05) is 19.5 Å². The van der Waals surface area contributed by atoms with Gasteiger partial charge in [-0.25, -0.2) is 4.98 Å². The number of benzene rings is 2. The van der Waals surface area contributed by atoms with E-state index in [2.05, 4.69) is 10.3 Å². The zero-order chi connectivity index (χ0) is 14.7. The minimum Gasteiger partial charge on any atom is -0.494 e. The number of anilines is 1. The number of hydrogen-bond donors (Lipinski definition) is 1. The van der Waals surface area contributed by atoms with Crippen LogP contribution in [0.3, 0.4) is 0 Å². The summed E-state index contributed by atoms with van der Waals surface area (Å²) < 4.78 is 12.8. The number of ether oxygens (including phenoxy) is 2. The molecule has 5 nitrogen and oxygen atoms in total. The molecule has 5 heteroatoms. The van der Waals surface area contributed by atoms with Crippen molar-refractivity contribution in [1.82, 2.24) is 9.55 Å². The van der Waals surface area contributed by atoms with Gasteiger partial charge in [0.25, 0.3) is 0 Å². The SMILES string of the molecule is COc1cccc(OC)c1NCn1cnc2ccccc21. The van der Waals surface area contributed by atoms with Crippen molar-refractivity contribution in [2.24, 2.45) is 0 Å². The number of para-hydroxylation sites is 3. The molecule has 0 amide bonds. The predicted octanol–water partition coefficient (Wildman–Crippen LogP) is 3.12. The number of imidazole rings is 1. The number of nitrogens with zero attached hydrogens (tertiary/aromatic N) is 2. The van der Waals surface area contributed by atoms with Crippen molar-refractivity contribution in [3.8, 4) is 11.5 Å². The van der Waals surface area contributed by atoms with Crippen molar-refractivity contribution in [1.29, 1.82) is 0 Å². The molecule has 0 aliphatic carbocycles. The average molecular weight is 283 g/mol. The number of aromatic nitrogens is 2. The van der Waals surface area contributed by atoms with Crippen LogP contribution in [0.25, 0.3) is 11.0 Å². The third-order valence-electron chi connectivity index (χ3n) is 3.38. The Hall–Kier alpha value is -2.69. The van der Waals surface area contributed by atoms with Gasteiger partial charge in [0.15, 0.2) is 0 Å². The Labute approximate surface area is 123 Å². The van der Waals surface area contributed by atoms with Crippen LogP contribution in [0.2, 0.25) is 0 Å². The molecule has 3 aromatic rings. The molecule has 0 spiro atoms. The minimum absolute atomic E-state index is 0.581. The van der Waals surface area contributed by atoms with Gasteiger partial charge in [0.1, 0.15) is 17.2 Å². The van der Waals surface area contributed by atoms with E-state index in [0.717, 1.165) is 28.2 Å². The fraction of sp³-hybridized carbons (Fsp3) is 0.188. The van der Waals surface area contributed by atoms with Gasteiger partial charge >= 0.3 is 0 Å². The van der Waals surface area contributed by atoms with E-state index in [9.17, 15) is 0 Å². The van der Waals surface area contributed by atoms with Gasteiger partial charge in [-0.2, -0.15) is 0 Å². The molecule has 2 aromatic carbocycles. The first-order chi connectivity index (χ1) is 10.3. The van der Waals surface area contributed by atoms with Crippen LogP contribution in [0.15, 0.2) is 48.8 Å². The molecule has 0 radical (unpaired) electrons. The van der Waals surface area contributed by atoms with Crippen LogP contribution in [0.5, 0.6) is 11.5 Å². The van der Waals surface area contributed by atoms with Crippen LogP contribution in [-0.4, -0.2) is 23.8 Å². The van der Waals surface area contributed by atoms with E-state index in [-0.39, 0.29) is 0 Å². The minimum atomic E-state index is 0.581. The van der Waals surface area contributed by atoms with Gasteiger partial charge in [-0.1, -0.05) is 18.2 Å². The van der Waals surface area contributed by atoms with Crippen LogP contribution in [0.1, 0.15) is 0 Å². The van der Waals surface area contributed by atoms with Crippen LogP contribution in [0, 0.1) is 0 Å². The fourth-order valence-corrected chi connectivity index (χ4v) is 2.33. The molecule has 21 heavy (non-hydrogen) atoms. The van der Waals surface area contributed by atoms with Crippen LogP contribution in [-0.2, 0) is 6.67 Å². The first kappa shape index (κ1) is 13.3. The maximum absolute atomic E-state index is 5.38. The lowest BCUT2D eigenvalue weighted by atomic mass is 10.2. The summed E-state index contributed by atoms with van der Waals surface area (Å²) in [6.07, 6.45) is 1.82. The van der Waals surface area contributed by atoms with Crippen molar-refractivity contribution < 1.29 is 9.47 Å². The molecule has 0 saturated carbocycles. The first-order valence-corrected chi connectivity index (χ1v) is 6.68. The van der Waals surface area contributed by atoms with E-state index in [1.807, 2.05) is 53.4 Å². The number of hydrogen-bond acceptors (Lipinski definition) is 4. The van der Waals surface area contributed by atoms with Crippen molar-refractivity contribution in [2.45, 2.75) is 6.67 Å². The molecule has 1 N–H and O–H groups in total. The summed E-state index contributed by atoms with van der Waals surface area (Å²) in [6.45, 7) is 0.581. The number of rotatable bonds is 5. The smallest absolute Gasteiger partial charge is 0.145 e. The second kappa shape index (κ2) is 5.75. The molecule has 0 fully saturated rings. The van der Waals surface area contributed by atoms with E-state index in [1.165, 1.54) is 0 Å². The highest BCUT2D eigenvalue weighted by atomic mass is 16.5. The van der Waals surface area contributed by atoms with E-state index in [0.29, 0.717) is 6.67 Å². The monoisotopic (exact) mass is 283 g/mol. The Bertz CT molecular complexity index is 730. The Morgan fingerprint density at radius 1 is 1.00 bits per heavy atom. The molecule has 0 atom stereocenters.